The summed E-state index contributed by atoms with van der Waals surface area (Å²) in [5.74, 6) is 0.109. The highest BCUT2D eigenvalue weighted by Crippen LogP contribution is 2.29. The summed E-state index contributed by atoms with van der Waals surface area (Å²) in [7, 11) is 1.31. The molecule has 1 aromatic rings. The number of carbonyl (C=O) groups is 1. The van der Waals surface area contributed by atoms with Gasteiger partial charge in [-0.15, -0.1) is 0 Å². The van der Waals surface area contributed by atoms with Gasteiger partial charge >= 0.3 is 0 Å². The second-order valence-electron chi connectivity index (χ2n) is 2.68. The van der Waals surface area contributed by atoms with Crippen molar-refractivity contribution in [3.63, 3.8) is 0 Å². The highest BCUT2D eigenvalue weighted by molar-refractivity contribution is 5.77. The first kappa shape index (κ1) is 10.6. The van der Waals surface area contributed by atoms with E-state index >= 15 is 0 Å². The van der Waals surface area contributed by atoms with Crippen LogP contribution in [0.5, 0.6) is 5.75 Å². The van der Waals surface area contributed by atoms with Crippen molar-refractivity contribution in [2.45, 2.75) is 13.3 Å². The molecule has 1 rings (SSSR count). The molecule has 0 aliphatic rings. The number of hydrogen-bond acceptors (Lipinski definition) is 3. The number of carbonyl (C=O) groups excluding carboxylic acids is 1. The van der Waals surface area contributed by atoms with Gasteiger partial charge in [0.15, 0.2) is 12.0 Å². The van der Waals surface area contributed by atoms with Gasteiger partial charge in [-0.25, -0.2) is 13.8 Å². The maximum Gasteiger partial charge on any atom is 0.265 e. The molecular formula is C9H9F2NO2. The quantitative estimate of drug-likeness (QED) is 0.703. The van der Waals surface area contributed by atoms with Crippen LogP contribution in [0.1, 0.15) is 28.0 Å². The molecule has 0 saturated heterocycles. The molecule has 1 aromatic heterocycles. The molecular weight excluding hydrogens is 192 g/mol. The van der Waals surface area contributed by atoms with Gasteiger partial charge in [0.25, 0.3) is 6.43 Å². The topological polar surface area (TPSA) is 39.2 Å². The van der Waals surface area contributed by atoms with Gasteiger partial charge < -0.3 is 4.74 Å². The van der Waals surface area contributed by atoms with Gasteiger partial charge in [-0.1, -0.05) is 0 Å². The Kier molecular flexibility index (Phi) is 3.11. The van der Waals surface area contributed by atoms with Crippen LogP contribution in [0, 0.1) is 6.92 Å². The summed E-state index contributed by atoms with van der Waals surface area (Å²) in [6.45, 7) is 1.47. The van der Waals surface area contributed by atoms with E-state index in [0.717, 1.165) is 6.20 Å². The monoisotopic (exact) mass is 201 g/mol. The standard InChI is InChI=1S/C9H9F2NO2/c1-5-6(9(10)11)3-12-7(4-13)8(5)14-2/h3-4,9H,1-2H3. The second kappa shape index (κ2) is 4.13. The Balaban J connectivity index is 3.34. The van der Waals surface area contributed by atoms with E-state index < -0.39 is 6.43 Å². The molecule has 76 valence electrons. The van der Waals surface area contributed by atoms with Crippen LogP contribution >= 0.6 is 0 Å². The summed E-state index contributed by atoms with van der Waals surface area (Å²) >= 11 is 0. The fraction of sp³-hybridized carbons (Fsp3) is 0.333. The molecule has 0 aliphatic heterocycles. The molecule has 0 spiro atoms. The van der Waals surface area contributed by atoms with E-state index in [4.69, 9.17) is 4.74 Å². The zero-order chi connectivity index (χ0) is 10.7. The van der Waals surface area contributed by atoms with Gasteiger partial charge in [0.1, 0.15) is 5.69 Å². The zero-order valence-electron chi connectivity index (χ0n) is 7.75. The molecule has 0 unspecified atom stereocenters. The second-order valence-corrected chi connectivity index (χ2v) is 2.68. The van der Waals surface area contributed by atoms with Crippen molar-refractivity contribution in [2.75, 3.05) is 7.11 Å². The van der Waals surface area contributed by atoms with Crippen molar-refractivity contribution < 1.29 is 18.3 Å². The molecule has 1 heterocycles. The van der Waals surface area contributed by atoms with E-state index in [1.807, 2.05) is 0 Å². The molecule has 3 nitrogen and oxygen atoms in total. The summed E-state index contributed by atoms with van der Waals surface area (Å²) in [5.41, 5.74) is 0.0708. The number of halogens is 2. The molecule has 0 saturated carbocycles. The van der Waals surface area contributed by atoms with E-state index in [2.05, 4.69) is 4.98 Å². The molecule has 0 amide bonds. The van der Waals surface area contributed by atoms with Crippen LogP contribution in [0.3, 0.4) is 0 Å². The Labute approximate surface area is 79.7 Å². The number of hydrogen-bond donors (Lipinski definition) is 0. The van der Waals surface area contributed by atoms with E-state index in [1.54, 1.807) is 0 Å². The van der Waals surface area contributed by atoms with Crippen LogP contribution in [-0.4, -0.2) is 18.4 Å². The average molecular weight is 201 g/mol. The molecule has 0 aliphatic carbocycles. The number of rotatable bonds is 3. The molecule has 5 heteroatoms. The van der Waals surface area contributed by atoms with Crippen LogP contribution in [0.25, 0.3) is 0 Å². The fourth-order valence-electron chi connectivity index (χ4n) is 1.18. The summed E-state index contributed by atoms with van der Waals surface area (Å²) in [6.07, 6.45) is -1.15. The number of aldehydes is 1. The zero-order valence-corrected chi connectivity index (χ0v) is 7.75. The lowest BCUT2D eigenvalue weighted by atomic mass is 10.1. The minimum atomic E-state index is -2.61. The lowest BCUT2D eigenvalue weighted by molar-refractivity contribution is 0.111. The smallest absolute Gasteiger partial charge is 0.265 e. The summed E-state index contributed by atoms with van der Waals surface area (Å²) in [5, 5.41) is 0. The number of nitrogens with zero attached hydrogens (tertiary/aromatic N) is 1. The van der Waals surface area contributed by atoms with Crippen molar-refractivity contribution in [1.82, 2.24) is 4.98 Å². The van der Waals surface area contributed by atoms with E-state index in [-0.39, 0.29) is 22.6 Å². The van der Waals surface area contributed by atoms with Crippen LogP contribution in [0.2, 0.25) is 0 Å². The highest BCUT2D eigenvalue weighted by atomic mass is 19.3. The Bertz CT molecular complexity index is 353. The van der Waals surface area contributed by atoms with Crippen LogP contribution in [0.15, 0.2) is 6.20 Å². The fourth-order valence-corrected chi connectivity index (χ4v) is 1.18. The number of alkyl halides is 2. The number of methoxy groups -OCH3 is 1. The van der Waals surface area contributed by atoms with Crippen molar-refractivity contribution in [2.24, 2.45) is 0 Å². The first-order valence-corrected chi connectivity index (χ1v) is 3.88. The number of aromatic nitrogens is 1. The summed E-state index contributed by atoms with van der Waals surface area (Å²) in [4.78, 5) is 14.1. The lowest BCUT2D eigenvalue weighted by Gasteiger charge is -2.10. The molecule has 0 aromatic carbocycles. The van der Waals surface area contributed by atoms with E-state index in [1.165, 1.54) is 14.0 Å². The Morgan fingerprint density at radius 1 is 1.57 bits per heavy atom. The first-order valence-electron chi connectivity index (χ1n) is 3.88. The van der Waals surface area contributed by atoms with Gasteiger partial charge in [0.2, 0.25) is 0 Å². The van der Waals surface area contributed by atoms with Crippen LogP contribution in [0.4, 0.5) is 8.78 Å². The maximum atomic E-state index is 12.4. The lowest BCUT2D eigenvalue weighted by Crippen LogP contribution is -2.01. The van der Waals surface area contributed by atoms with Crippen molar-refractivity contribution in [3.8, 4) is 5.75 Å². The molecule has 14 heavy (non-hydrogen) atoms. The van der Waals surface area contributed by atoms with Gasteiger partial charge in [-0.2, -0.15) is 0 Å². The molecule has 0 N–H and O–H groups in total. The van der Waals surface area contributed by atoms with E-state index in [0.29, 0.717) is 6.29 Å². The third-order valence-corrected chi connectivity index (χ3v) is 1.90. The molecule has 0 fully saturated rings. The highest BCUT2D eigenvalue weighted by Gasteiger charge is 2.17. The normalized spacial score (nSPS) is 10.4. The summed E-state index contributed by atoms with van der Waals surface area (Å²) < 4.78 is 29.6. The predicted octanol–water partition coefficient (Wildman–Crippen LogP) is 2.15. The van der Waals surface area contributed by atoms with Gasteiger partial charge in [0.05, 0.1) is 7.11 Å². The third kappa shape index (κ3) is 1.71. The molecule has 0 bridgehead atoms. The third-order valence-electron chi connectivity index (χ3n) is 1.90. The number of pyridine rings is 1. The van der Waals surface area contributed by atoms with Gasteiger partial charge in [0, 0.05) is 17.3 Å². The van der Waals surface area contributed by atoms with Crippen molar-refractivity contribution >= 4 is 6.29 Å². The van der Waals surface area contributed by atoms with Gasteiger partial charge in [-0.05, 0) is 6.92 Å². The van der Waals surface area contributed by atoms with E-state index in [9.17, 15) is 13.6 Å². The Hall–Kier alpha value is -1.52. The minimum Gasteiger partial charge on any atom is -0.494 e. The van der Waals surface area contributed by atoms with Gasteiger partial charge in [-0.3, -0.25) is 4.79 Å². The minimum absolute atomic E-state index is 0.0365. The van der Waals surface area contributed by atoms with Crippen molar-refractivity contribution in [3.05, 3.63) is 23.0 Å². The number of ether oxygens (including phenoxy) is 1. The molecule has 0 radical (unpaired) electrons. The average Bonchev–Trinajstić information content (AvgIpc) is 2.16. The van der Waals surface area contributed by atoms with Crippen LogP contribution in [-0.2, 0) is 0 Å². The first-order chi connectivity index (χ1) is 6.61. The SMILES string of the molecule is COc1c(C=O)ncc(C(F)F)c1C. The van der Waals surface area contributed by atoms with Crippen molar-refractivity contribution in [1.29, 1.82) is 0 Å². The summed E-state index contributed by atoms with van der Waals surface area (Å²) in [6, 6.07) is 0. The maximum absolute atomic E-state index is 12.4. The van der Waals surface area contributed by atoms with Crippen LogP contribution < -0.4 is 4.74 Å². The molecule has 0 atom stereocenters. The Morgan fingerprint density at radius 3 is 2.64 bits per heavy atom. The predicted molar refractivity (Wildman–Crippen MR) is 45.9 cm³/mol. The largest absolute Gasteiger partial charge is 0.494 e. The Morgan fingerprint density at radius 2 is 2.21 bits per heavy atom.